The van der Waals surface area contributed by atoms with Gasteiger partial charge in [-0.25, -0.2) is 4.39 Å². The van der Waals surface area contributed by atoms with E-state index in [9.17, 15) is 14.0 Å². The van der Waals surface area contributed by atoms with Gasteiger partial charge in [0, 0.05) is 31.9 Å². The quantitative estimate of drug-likeness (QED) is 0.673. The van der Waals surface area contributed by atoms with Crippen LogP contribution in [0, 0.1) is 19.7 Å². The van der Waals surface area contributed by atoms with Crippen LogP contribution in [-0.4, -0.2) is 61.0 Å². The number of ether oxygens (including phenoxy) is 1. The summed E-state index contributed by atoms with van der Waals surface area (Å²) < 4.78 is 18.7. The van der Waals surface area contributed by atoms with Crippen molar-refractivity contribution in [3.05, 3.63) is 70.7 Å². The van der Waals surface area contributed by atoms with E-state index >= 15 is 0 Å². The van der Waals surface area contributed by atoms with E-state index in [-0.39, 0.29) is 23.3 Å². The van der Waals surface area contributed by atoms with E-state index in [0.29, 0.717) is 43.0 Å². The molecular weight excluding hydrogens is 409 g/mol. The average molecular weight is 438 g/mol. The maximum absolute atomic E-state index is 13.4. The molecule has 0 radical (unpaired) electrons. The summed E-state index contributed by atoms with van der Waals surface area (Å²) >= 11 is 0. The lowest BCUT2D eigenvalue weighted by Gasteiger charge is -2.27. The van der Waals surface area contributed by atoms with Crippen molar-refractivity contribution < 1.29 is 18.7 Å². The van der Waals surface area contributed by atoms with Crippen molar-refractivity contribution in [3.8, 4) is 0 Å². The molecule has 1 N–H and O–H groups in total. The molecule has 32 heavy (non-hydrogen) atoms. The molecule has 7 heteroatoms. The van der Waals surface area contributed by atoms with Gasteiger partial charge in [0.25, 0.3) is 11.8 Å². The number of nitrogens with zero attached hydrogens (tertiary/aromatic N) is 2. The Morgan fingerprint density at radius 1 is 0.938 bits per heavy atom. The molecule has 2 aliphatic heterocycles. The van der Waals surface area contributed by atoms with Crippen molar-refractivity contribution in [3.63, 3.8) is 0 Å². The third-order valence-corrected chi connectivity index (χ3v) is 6.04. The fraction of sp³-hybridized carbons (Fsp3) is 0.360. The Bertz CT molecular complexity index is 1040. The highest BCUT2D eigenvalue weighted by molar-refractivity contribution is 6.36. The smallest absolute Gasteiger partial charge is 0.278 e. The second kappa shape index (κ2) is 9.63. The van der Waals surface area contributed by atoms with Gasteiger partial charge >= 0.3 is 0 Å². The number of imide groups is 1. The highest BCUT2D eigenvalue weighted by Crippen LogP contribution is 2.31. The van der Waals surface area contributed by atoms with Gasteiger partial charge in [-0.05, 0) is 61.2 Å². The van der Waals surface area contributed by atoms with E-state index in [1.165, 1.54) is 17.0 Å². The van der Waals surface area contributed by atoms with Crippen LogP contribution in [0.15, 0.2) is 48.2 Å². The highest BCUT2D eigenvalue weighted by Gasteiger charge is 2.39. The van der Waals surface area contributed by atoms with Crippen molar-refractivity contribution in [2.75, 3.05) is 44.7 Å². The highest BCUT2D eigenvalue weighted by atomic mass is 19.1. The van der Waals surface area contributed by atoms with Crippen molar-refractivity contribution in [2.24, 2.45) is 0 Å². The van der Waals surface area contributed by atoms with Gasteiger partial charge in [0.2, 0.25) is 0 Å². The maximum atomic E-state index is 13.4. The normalized spacial score (nSPS) is 17.4. The van der Waals surface area contributed by atoms with Gasteiger partial charge in [0.05, 0.1) is 18.8 Å². The molecule has 2 amide bonds. The van der Waals surface area contributed by atoms with E-state index in [4.69, 9.17) is 4.74 Å². The van der Waals surface area contributed by atoms with Crippen LogP contribution >= 0.6 is 0 Å². The predicted molar refractivity (Wildman–Crippen MR) is 121 cm³/mol. The lowest BCUT2D eigenvalue weighted by atomic mass is 9.99. The number of nitrogens with one attached hydrogen (secondary N) is 1. The van der Waals surface area contributed by atoms with Crippen molar-refractivity contribution in [1.29, 1.82) is 0 Å². The summed E-state index contributed by atoms with van der Waals surface area (Å²) in [6.07, 6.45) is 0.696. The van der Waals surface area contributed by atoms with Crippen molar-refractivity contribution >= 4 is 23.1 Å². The van der Waals surface area contributed by atoms with E-state index in [1.807, 2.05) is 32.0 Å². The Hall–Kier alpha value is -3.03. The summed E-state index contributed by atoms with van der Waals surface area (Å²) in [5, 5.41) is 3.07. The first-order chi connectivity index (χ1) is 15.4. The monoisotopic (exact) mass is 437 g/mol. The van der Waals surface area contributed by atoms with E-state index in [0.717, 1.165) is 30.8 Å². The van der Waals surface area contributed by atoms with Gasteiger partial charge in [0.15, 0.2) is 0 Å². The van der Waals surface area contributed by atoms with Crippen LogP contribution in [-0.2, 0) is 14.3 Å². The van der Waals surface area contributed by atoms with E-state index < -0.39 is 0 Å². The Kier molecular flexibility index (Phi) is 6.67. The molecule has 1 fully saturated rings. The second-order valence-corrected chi connectivity index (χ2v) is 8.25. The topological polar surface area (TPSA) is 61.9 Å². The third kappa shape index (κ3) is 4.74. The average Bonchev–Trinajstić information content (AvgIpc) is 3.02. The van der Waals surface area contributed by atoms with Gasteiger partial charge in [0.1, 0.15) is 11.5 Å². The number of carbonyl (C=O) groups is 2. The number of hydrogen-bond donors (Lipinski definition) is 1. The molecule has 1 saturated heterocycles. The van der Waals surface area contributed by atoms with Gasteiger partial charge < -0.3 is 10.1 Å². The van der Waals surface area contributed by atoms with Crippen molar-refractivity contribution in [2.45, 2.75) is 20.3 Å². The van der Waals surface area contributed by atoms with Crippen LogP contribution in [0.4, 0.5) is 10.1 Å². The third-order valence-electron chi connectivity index (χ3n) is 6.04. The summed E-state index contributed by atoms with van der Waals surface area (Å²) in [4.78, 5) is 30.2. The van der Waals surface area contributed by atoms with Gasteiger partial charge in [-0.15, -0.1) is 0 Å². The number of rotatable bonds is 7. The number of halogens is 1. The summed E-state index contributed by atoms with van der Waals surface area (Å²) in [5.41, 5.74) is 4.00. The molecule has 0 atom stereocenters. The standard InChI is InChI=1S/C25H28FN3O3/c1-17-4-5-19(16-18(17)2)22-23(27-21-8-6-20(26)7-9-21)25(31)29(24(22)30)11-3-10-28-12-14-32-15-13-28/h4-9,16,27H,3,10-15H2,1-2H3. The van der Waals surface area contributed by atoms with E-state index in [1.54, 1.807) is 12.1 Å². The van der Waals surface area contributed by atoms with Crippen LogP contribution in [0.25, 0.3) is 5.57 Å². The zero-order valence-corrected chi connectivity index (χ0v) is 18.5. The first-order valence-electron chi connectivity index (χ1n) is 10.9. The largest absolute Gasteiger partial charge is 0.379 e. The number of hydrogen-bond acceptors (Lipinski definition) is 5. The molecule has 0 aromatic heterocycles. The summed E-state index contributed by atoms with van der Waals surface area (Å²) in [7, 11) is 0. The molecule has 4 rings (SSSR count). The fourth-order valence-electron chi connectivity index (χ4n) is 4.01. The lowest BCUT2D eigenvalue weighted by molar-refractivity contribution is -0.136. The van der Waals surface area contributed by atoms with Gasteiger partial charge in [-0.2, -0.15) is 0 Å². The first-order valence-corrected chi connectivity index (χ1v) is 10.9. The fourth-order valence-corrected chi connectivity index (χ4v) is 4.01. The minimum Gasteiger partial charge on any atom is -0.379 e. The van der Waals surface area contributed by atoms with Crippen LogP contribution in [0.3, 0.4) is 0 Å². The Labute approximate surface area is 187 Å². The Morgan fingerprint density at radius 2 is 1.66 bits per heavy atom. The molecule has 2 aromatic carbocycles. The number of benzene rings is 2. The zero-order valence-electron chi connectivity index (χ0n) is 18.5. The minimum atomic E-state index is -0.363. The van der Waals surface area contributed by atoms with Gasteiger partial charge in [-0.1, -0.05) is 18.2 Å². The molecular formula is C25H28FN3O3. The summed E-state index contributed by atoms with van der Waals surface area (Å²) in [6, 6.07) is 11.5. The van der Waals surface area contributed by atoms with Crippen molar-refractivity contribution in [1.82, 2.24) is 9.80 Å². The predicted octanol–water partition coefficient (Wildman–Crippen LogP) is 3.36. The molecule has 2 heterocycles. The molecule has 2 aliphatic rings. The van der Waals surface area contributed by atoms with Crippen LogP contribution in [0.5, 0.6) is 0 Å². The Morgan fingerprint density at radius 3 is 2.34 bits per heavy atom. The molecule has 168 valence electrons. The van der Waals surface area contributed by atoms with Crippen LogP contribution in [0.2, 0.25) is 0 Å². The second-order valence-electron chi connectivity index (χ2n) is 8.25. The molecule has 0 aliphatic carbocycles. The number of anilines is 1. The van der Waals surface area contributed by atoms with Crippen LogP contribution in [0.1, 0.15) is 23.1 Å². The Balaban J connectivity index is 1.58. The first kappa shape index (κ1) is 22.2. The number of carbonyl (C=O) groups excluding carboxylic acids is 2. The SMILES string of the molecule is Cc1ccc(C2=C(Nc3ccc(F)cc3)C(=O)N(CCCN3CCOCC3)C2=O)cc1C. The summed E-state index contributed by atoms with van der Waals surface area (Å²) in [6.45, 7) is 8.30. The van der Waals surface area contributed by atoms with Gasteiger partial charge in [-0.3, -0.25) is 19.4 Å². The number of morpholine rings is 1. The molecule has 2 aromatic rings. The minimum absolute atomic E-state index is 0.233. The molecule has 0 unspecified atom stereocenters. The number of aryl methyl sites for hydroxylation is 2. The maximum Gasteiger partial charge on any atom is 0.278 e. The number of amides is 2. The van der Waals surface area contributed by atoms with Crippen LogP contribution < -0.4 is 5.32 Å². The molecule has 6 nitrogen and oxygen atoms in total. The van der Waals surface area contributed by atoms with E-state index in [2.05, 4.69) is 10.2 Å². The molecule has 0 bridgehead atoms. The molecule has 0 spiro atoms. The lowest BCUT2D eigenvalue weighted by Crippen LogP contribution is -2.39. The molecule has 0 saturated carbocycles. The zero-order chi connectivity index (χ0) is 22.7. The summed E-state index contributed by atoms with van der Waals surface area (Å²) in [5.74, 6) is -1.02.